The van der Waals surface area contributed by atoms with E-state index in [1.807, 2.05) is 32.6 Å². The van der Waals surface area contributed by atoms with E-state index in [2.05, 4.69) is 13.8 Å². The van der Waals surface area contributed by atoms with Crippen LogP contribution in [-0.2, 0) is 4.79 Å². The number of carbonyl (C=O) groups is 1. The molecule has 4 heteroatoms. The zero-order chi connectivity index (χ0) is 14.8. The largest absolute Gasteiger partial charge is 0.338 e. The van der Waals surface area contributed by atoms with Crippen molar-refractivity contribution in [2.24, 2.45) is 0 Å². The van der Waals surface area contributed by atoms with Gasteiger partial charge in [-0.15, -0.1) is 0 Å². The number of nitrogens with zero attached hydrogens (tertiary/aromatic N) is 2. The smallest absolute Gasteiger partial charge is 0.245 e. The Hall–Kier alpha value is -0.610. The van der Waals surface area contributed by atoms with Crippen LogP contribution in [0, 0.1) is 0 Å². The quantitative estimate of drug-likeness (QED) is 0.854. The van der Waals surface area contributed by atoms with E-state index in [0.717, 1.165) is 25.8 Å². The Morgan fingerprint density at radius 3 is 2.37 bits per heavy atom. The summed E-state index contributed by atoms with van der Waals surface area (Å²) in [5.41, 5.74) is -1.21. The monoisotopic (exact) mass is 270 g/mol. The first kappa shape index (κ1) is 16.4. The Bertz CT molecular complexity index is 330. The maximum Gasteiger partial charge on any atom is 0.245 e. The fourth-order valence-corrected chi connectivity index (χ4v) is 3.14. The van der Waals surface area contributed by atoms with Crippen LogP contribution in [0.1, 0.15) is 67.2 Å². The highest BCUT2D eigenvalue weighted by Crippen LogP contribution is 2.36. The third-order valence-electron chi connectivity index (χ3n) is 4.53. The van der Waals surface area contributed by atoms with Crippen LogP contribution in [0.25, 0.3) is 0 Å². The van der Waals surface area contributed by atoms with Crippen molar-refractivity contribution < 1.29 is 10.0 Å². The SMILES string of the molecule is CCCCN1C(=O)C(C)(CC)N(O)C(C)(C)CC1C. The van der Waals surface area contributed by atoms with Crippen molar-refractivity contribution in [1.29, 1.82) is 0 Å². The molecule has 1 N–H and O–H groups in total. The molecule has 112 valence electrons. The van der Waals surface area contributed by atoms with Crippen LogP contribution in [0.4, 0.5) is 0 Å². The maximum absolute atomic E-state index is 12.8. The molecule has 0 bridgehead atoms. The lowest BCUT2D eigenvalue weighted by Gasteiger charge is -2.42. The molecular weight excluding hydrogens is 240 g/mol. The first-order chi connectivity index (χ1) is 8.70. The zero-order valence-electron chi connectivity index (χ0n) is 13.4. The normalized spacial score (nSPS) is 32.5. The summed E-state index contributed by atoms with van der Waals surface area (Å²) in [7, 11) is 0. The lowest BCUT2D eigenvalue weighted by Crippen LogP contribution is -2.59. The van der Waals surface area contributed by atoms with Gasteiger partial charge in [-0.1, -0.05) is 20.3 Å². The summed E-state index contributed by atoms with van der Waals surface area (Å²) >= 11 is 0. The van der Waals surface area contributed by atoms with E-state index in [4.69, 9.17) is 0 Å². The van der Waals surface area contributed by atoms with E-state index >= 15 is 0 Å². The van der Waals surface area contributed by atoms with Crippen molar-refractivity contribution in [1.82, 2.24) is 9.96 Å². The van der Waals surface area contributed by atoms with Gasteiger partial charge in [-0.05, 0) is 47.0 Å². The molecule has 0 saturated carbocycles. The van der Waals surface area contributed by atoms with Crippen LogP contribution in [0.3, 0.4) is 0 Å². The highest BCUT2D eigenvalue weighted by molar-refractivity contribution is 5.86. The van der Waals surface area contributed by atoms with E-state index in [1.165, 1.54) is 5.06 Å². The van der Waals surface area contributed by atoms with Gasteiger partial charge in [0.1, 0.15) is 5.54 Å². The molecule has 0 aliphatic carbocycles. The molecule has 4 nitrogen and oxygen atoms in total. The second kappa shape index (κ2) is 5.80. The summed E-state index contributed by atoms with van der Waals surface area (Å²) < 4.78 is 0. The molecule has 1 aliphatic heterocycles. The van der Waals surface area contributed by atoms with E-state index in [1.54, 1.807) is 0 Å². The van der Waals surface area contributed by atoms with Gasteiger partial charge in [0, 0.05) is 18.1 Å². The van der Waals surface area contributed by atoms with Crippen molar-refractivity contribution in [2.45, 2.75) is 84.3 Å². The predicted molar refractivity (Wildman–Crippen MR) is 77.1 cm³/mol. The van der Waals surface area contributed by atoms with Crippen molar-refractivity contribution >= 4 is 5.91 Å². The first-order valence-corrected chi connectivity index (χ1v) is 7.51. The van der Waals surface area contributed by atoms with E-state index in [9.17, 15) is 10.0 Å². The van der Waals surface area contributed by atoms with Crippen LogP contribution in [0.2, 0.25) is 0 Å². The Kier molecular flexibility index (Phi) is 5.02. The third kappa shape index (κ3) is 2.95. The number of hydroxylamine groups is 2. The van der Waals surface area contributed by atoms with Gasteiger partial charge in [0.15, 0.2) is 0 Å². The molecular formula is C15H30N2O2. The first-order valence-electron chi connectivity index (χ1n) is 7.51. The topological polar surface area (TPSA) is 43.8 Å². The average Bonchev–Trinajstić information content (AvgIpc) is 2.39. The van der Waals surface area contributed by atoms with Crippen molar-refractivity contribution in [3.05, 3.63) is 0 Å². The van der Waals surface area contributed by atoms with Gasteiger partial charge in [0.25, 0.3) is 0 Å². The Labute approximate surface area is 117 Å². The Morgan fingerprint density at radius 2 is 1.89 bits per heavy atom. The number of hydrogen-bond donors (Lipinski definition) is 1. The van der Waals surface area contributed by atoms with E-state index in [0.29, 0.717) is 6.42 Å². The summed E-state index contributed by atoms with van der Waals surface area (Å²) in [5, 5.41) is 11.8. The number of unbranched alkanes of at least 4 members (excludes halogenated alkanes) is 1. The van der Waals surface area contributed by atoms with Crippen LogP contribution >= 0.6 is 0 Å². The second-order valence-corrected chi connectivity index (χ2v) is 6.66. The van der Waals surface area contributed by atoms with E-state index in [-0.39, 0.29) is 17.5 Å². The number of rotatable bonds is 4. The molecule has 1 aliphatic rings. The van der Waals surface area contributed by atoms with Crippen LogP contribution in [0.5, 0.6) is 0 Å². The Balaban J connectivity index is 3.14. The molecule has 1 rings (SSSR count). The van der Waals surface area contributed by atoms with Gasteiger partial charge in [0.05, 0.1) is 0 Å². The molecule has 2 unspecified atom stereocenters. The highest BCUT2D eigenvalue weighted by Gasteiger charge is 2.50. The maximum atomic E-state index is 12.8. The molecule has 19 heavy (non-hydrogen) atoms. The lowest BCUT2D eigenvalue weighted by atomic mass is 9.90. The summed E-state index contributed by atoms with van der Waals surface area (Å²) in [6.45, 7) is 12.8. The molecule has 0 aromatic rings. The van der Waals surface area contributed by atoms with Crippen LogP contribution in [0.15, 0.2) is 0 Å². The predicted octanol–water partition coefficient (Wildman–Crippen LogP) is 3.05. The Morgan fingerprint density at radius 1 is 1.32 bits per heavy atom. The molecule has 0 aromatic carbocycles. The average molecular weight is 270 g/mol. The minimum absolute atomic E-state index is 0.0593. The summed E-state index contributed by atoms with van der Waals surface area (Å²) in [6.07, 6.45) is 3.49. The molecule has 1 fully saturated rings. The molecule has 2 atom stereocenters. The second-order valence-electron chi connectivity index (χ2n) is 6.66. The minimum Gasteiger partial charge on any atom is -0.338 e. The number of carbonyl (C=O) groups excluding carboxylic acids is 1. The van der Waals surface area contributed by atoms with Crippen LogP contribution < -0.4 is 0 Å². The van der Waals surface area contributed by atoms with Gasteiger partial charge < -0.3 is 10.1 Å². The fraction of sp³-hybridized carbons (Fsp3) is 0.933. The summed E-state index contributed by atoms with van der Waals surface area (Å²) in [6, 6.07) is 0.164. The van der Waals surface area contributed by atoms with Gasteiger partial charge in [-0.3, -0.25) is 4.79 Å². The molecule has 0 aromatic heterocycles. The van der Waals surface area contributed by atoms with Gasteiger partial charge in [-0.25, -0.2) is 0 Å². The third-order valence-corrected chi connectivity index (χ3v) is 4.53. The van der Waals surface area contributed by atoms with Gasteiger partial charge >= 0.3 is 0 Å². The number of hydrogen-bond acceptors (Lipinski definition) is 3. The fourth-order valence-electron chi connectivity index (χ4n) is 3.14. The molecule has 1 amide bonds. The van der Waals surface area contributed by atoms with Gasteiger partial charge in [0.2, 0.25) is 5.91 Å². The van der Waals surface area contributed by atoms with E-state index < -0.39 is 5.54 Å². The molecule has 0 radical (unpaired) electrons. The lowest BCUT2D eigenvalue weighted by molar-refractivity contribution is -0.225. The minimum atomic E-state index is -0.817. The number of amides is 1. The molecule has 0 spiro atoms. The summed E-state index contributed by atoms with van der Waals surface area (Å²) in [5.74, 6) is 0.0593. The standard InChI is InChI=1S/C15H30N2O2/c1-7-9-10-16-12(3)11-14(4,5)17(19)15(6,8-2)13(16)18/h12,19H,7-11H2,1-6H3. The zero-order valence-corrected chi connectivity index (χ0v) is 13.4. The van der Waals surface area contributed by atoms with Crippen LogP contribution in [-0.4, -0.2) is 44.7 Å². The molecule has 1 saturated heterocycles. The van der Waals surface area contributed by atoms with Crippen molar-refractivity contribution in [2.75, 3.05) is 6.54 Å². The highest BCUT2D eigenvalue weighted by atomic mass is 16.5. The van der Waals surface area contributed by atoms with Crippen molar-refractivity contribution in [3.63, 3.8) is 0 Å². The molecule has 1 heterocycles. The van der Waals surface area contributed by atoms with Gasteiger partial charge in [-0.2, -0.15) is 5.06 Å². The van der Waals surface area contributed by atoms with Crippen molar-refractivity contribution in [3.8, 4) is 0 Å². The summed E-state index contributed by atoms with van der Waals surface area (Å²) in [4.78, 5) is 14.8.